The van der Waals surface area contributed by atoms with Crippen LogP contribution >= 0.6 is 0 Å². The smallest absolute Gasteiger partial charge is 0.169 e. The van der Waals surface area contributed by atoms with Crippen LogP contribution in [-0.4, -0.2) is 57.4 Å². The Bertz CT molecular complexity index is 990. The number of hydrogen-bond acceptors (Lipinski definition) is 6. The first-order valence-electron chi connectivity index (χ1n) is 14.7. The topological polar surface area (TPSA) is 77.4 Å². The minimum absolute atomic E-state index is 0.344. The van der Waals surface area contributed by atoms with Gasteiger partial charge in [0.25, 0.3) is 0 Å². The Hall–Kier alpha value is -1.80. The predicted molar refractivity (Wildman–Crippen MR) is 141 cm³/mol. The van der Waals surface area contributed by atoms with Crippen LogP contribution in [0.5, 0.6) is 0 Å². The maximum absolute atomic E-state index is 12.8. The fourth-order valence-electron chi connectivity index (χ4n) is 7.91. The number of benzene rings is 2. The van der Waals surface area contributed by atoms with Crippen molar-refractivity contribution in [3.05, 3.63) is 71.8 Å². The molecule has 2 saturated heterocycles. The number of rotatable bonds is 4. The zero-order valence-electron chi connectivity index (χ0n) is 22.1. The average Bonchev–Trinajstić information content (AvgIpc) is 3.51. The third kappa shape index (κ3) is 4.07. The molecule has 3 saturated carbocycles. The molecule has 2 aliphatic heterocycles. The molecule has 5 fully saturated rings. The van der Waals surface area contributed by atoms with Gasteiger partial charge in [0.1, 0.15) is 35.6 Å². The minimum Gasteiger partial charge on any atom is -0.384 e. The van der Waals surface area contributed by atoms with Crippen LogP contribution in [0.15, 0.2) is 60.7 Å². The molecule has 2 N–H and O–H groups in total. The van der Waals surface area contributed by atoms with Gasteiger partial charge in [-0.3, -0.25) is 0 Å². The molecule has 6 atom stereocenters. The summed E-state index contributed by atoms with van der Waals surface area (Å²) in [5.74, 6) is -1.58. The lowest BCUT2D eigenvalue weighted by Crippen LogP contribution is -2.75. The molecule has 7 rings (SSSR count). The highest BCUT2D eigenvalue weighted by Crippen LogP contribution is 2.58. The molecule has 2 spiro atoms. The van der Waals surface area contributed by atoms with E-state index in [0.717, 1.165) is 75.3 Å². The van der Waals surface area contributed by atoms with Crippen LogP contribution in [0.2, 0.25) is 0 Å². The molecule has 0 radical (unpaired) electrons. The summed E-state index contributed by atoms with van der Waals surface area (Å²) in [7, 11) is 0. The van der Waals surface area contributed by atoms with E-state index in [1.807, 2.05) is 60.7 Å². The molecule has 2 unspecified atom stereocenters. The second-order valence-electron chi connectivity index (χ2n) is 12.4. The molecule has 38 heavy (non-hydrogen) atoms. The average molecular weight is 521 g/mol. The van der Waals surface area contributed by atoms with Crippen LogP contribution in [0.25, 0.3) is 0 Å². The lowest BCUT2D eigenvalue weighted by atomic mass is 9.64. The summed E-state index contributed by atoms with van der Waals surface area (Å²) in [6.45, 7) is 0. The van der Waals surface area contributed by atoms with E-state index in [2.05, 4.69) is 0 Å². The molecule has 6 nitrogen and oxygen atoms in total. The van der Waals surface area contributed by atoms with E-state index in [1.165, 1.54) is 0 Å². The first-order chi connectivity index (χ1) is 18.4. The van der Waals surface area contributed by atoms with Crippen LogP contribution in [0.4, 0.5) is 0 Å². The Morgan fingerprint density at radius 3 is 1.13 bits per heavy atom. The monoisotopic (exact) mass is 520 g/mol. The lowest BCUT2D eigenvalue weighted by molar-refractivity contribution is -0.245. The zero-order chi connectivity index (χ0) is 25.8. The lowest BCUT2D eigenvalue weighted by Gasteiger charge is -2.52. The maximum atomic E-state index is 12.8. The second-order valence-corrected chi connectivity index (χ2v) is 12.4. The molecule has 0 aromatic heterocycles. The molecule has 3 aliphatic carbocycles. The highest BCUT2D eigenvalue weighted by molar-refractivity contribution is 5.29. The number of fused-ring (bicyclic) bond motifs is 2. The van der Waals surface area contributed by atoms with E-state index in [9.17, 15) is 10.2 Å². The second kappa shape index (κ2) is 9.39. The highest BCUT2D eigenvalue weighted by atomic mass is 16.8. The molecule has 2 aromatic rings. The summed E-state index contributed by atoms with van der Waals surface area (Å²) in [4.78, 5) is 0. The summed E-state index contributed by atoms with van der Waals surface area (Å²) in [5, 5.41) is 25.5. The van der Waals surface area contributed by atoms with Crippen molar-refractivity contribution in [2.75, 3.05) is 0 Å². The highest BCUT2D eigenvalue weighted by Gasteiger charge is 2.75. The van der Waals surface area contributed by atoms with Gasteiger partial charge in [-0.25, -0.2) is 0 Å². The van der Waals surface area contributed by atoms with Crippen LogP contribution in [-0.2, 0) is 31.8 Å². The van der Waals surface area contributed by atoms with Gasteiger partial charge in [-0.2, -0.15) is 0 Å². The van der Waals surface area contributed by atoms with Crippen molar-refractivity contribution < 1.29 is 29.2 Å². The Morgan fingerprint density at radius 2 is 0.816 bits per heavy atom. The van der Waals surface area contributed by atoms with E-state index in [-0.39, 0.29) is 0 Å². The van der Waals surface area contributed by atoms with E-state index in [4.69, 9.17) is 18.9 Å². The Morgan fingerprint density at radius 1 is 0.500 bits per heavy atom. The van der Waals surface area contributed by atoms with Crippen molar-refractivity contribution in [1.29, 1.82) is 0 Å². The Labute approximate surface area is 225 Å². The molecule has 204 valence electrons. The summed E-state index contributed by atoms with van der Waals surface area (Å²) in [5.41, 5.74) is -0.826. The molecule has 6 heteroatoms. The SMILES string of the molecule is OC1(Cc2ccccc2)[C@@H]2OC3(CCCCC3)O[C@H]2C(O)(Cc2ccccc2)[C@H]2OC3(CCCCC3)O[C@H]21. The van der Waals surface area contributed by atoms with Gasteiger partial charge in [0, 0.05) is 38.5 Å². The Balaban J connectivity index is 1.34. The first-order valence-corrected chi connectivity index (χ1v) is 14.7. The van der Waals surface area contributed by atoms with Gasteiger partial charge in [-0.05, 0) is 36.8 Å². The third-order valence-corrected chi connectivity index (χ3v) is 9.78. The minimum atomic E-state index is -1.42. The fourth-order valence-corrected chi connectivity index (χ4v) is 7.91. The predicted octanol–water partition coefficient (Wildman–Crippen LogP) is 4.84. The molecule has 0 amide bonds. The van der Waals surface area contributed by atoms with Gasteiger partial charge in [0.2, 0.25) is 0 Å². The van der Waals surface area contributed by atoms with Crippen molar-refractivity contribution in [3.63, 3.8) is 0 Å². The van der Waals surface area contributed by atoms with Crippen LogP contribution in [0.3, 0.4) is 0 Å². The molecular formula is C32H40O6. The molecular weight excluding hydrogens is 480 g/mol. The summed E-state index contributed by atoms with van der Waals surface area (Å²) >= 11 is 0. The first kappa shape index (κ1) is 25.2. The quantitative estimate of drug-likeness (QED) is 0.601. The largest absolute Gasteiger partial charge is 0.384 e. The zero-order valence-corrected chi connectivity index (χ0v) is 22.1. The van der Waals surface area contributed by atoms with Gasteiger partial charge in [-0.1, -0.05) is 73.5 Å². The van der Waals surface area contributed by atoms with E-state index in [1.54, 1.807) is 0 Å². The van der Waals surface area contributed by atoms with E-state index >= 15 is 0 Å². The molecule has 0 bridgehead atoms. The van der Waals surface area contributed by atoms with Crippen LogP contribution in [0.1, 0.15) is 75.3 Å². The molecule has 2 aromatic carbocycles. The number of ether oxygens (including phenoxy) is 4. The third-order valence-electron chi connectivity index (χ3n) is 9.78. The van der Waals surface area contributed by atoms with E-state index < -0.39 is 47.2 Å². The van der Waals surface area contributed by atoms with Gasteiger partial charge >= 0.3 is 0 Å². The van der Waals surface area contributed by atoms with Crippen molar-refractivity contribution >= 4 is 0 Å². The fraction of sp³-hybridized carbons (Fsp3) is 0.625. The summed E-state index contributed by atoms with van der Waals surface area (Å²) in [6.07, 6.45) is 7.14. The maximum Gasteiger partial charge on any atom is 0.169 e. The van der Waals surface area contributed by atoms with Gasteiger partial charge in [0.05, 0.1) is 0 Å². The van der Waals surface area contributed by atoms with Gasteiger partial charge < -0.3 is 29.2 Å². The van der Waals surface area contributed by atoms with Crippen LogP contribution < -0.4 is 0 Å². The summed E-state index contributed by atoms with van der Waals surface area (Å²) < 4.78 is 27.3. The summed E-state index contributed by atoms with van der Waals surface area (Å²) in [6, 6.07) is 20.1. The molecule has 2 heterocycles. The van der Waals surface area contributed by atoms with Crippen LogP contribution in [0, 0.1) is 0 Å². The van der Waals surface area contributed by atoms with E-state index in [0.29, 0.717) is 12.8 Å². The van der Waals surface area contributed by atoms with Crippen molar-refractivity contribution in [2.24, 2.45) is 0 Å². The van der Waals surface area contributed by atoms with Crippen molar-refractivity contribution in [3.8, 4) is 0 Å². The normalized spacial score (nSPS) is 39.2. The number of aliphatic hydroxyl groups is 2. The van der Waals surface area contributed by atoms with Gasteiger partial charge in [-0.15, -0.1) is 0 Å². The standard InChI is InChI=1S/C32H40O6/c33-31(21-23-13-5-1-6-14-23)25-27(37-29(35-25)17-9-3-10-18-29)32(34,22-24-15-7-2-8-16-24)28-26(31)36-30(38-28)19-11-4-12-20-30/h1-2,5-8,13-16,25-28,33-34H,3-4,9-12,17-22H2/t25-,26-,27-,28+,31?,32?/m1/s1. The van der Waals surface area contributed by atoms with Crippen molar-refractivity contribution in [1.82, 2.24) is 0 Å². The van der Waals surface area contributed by atoms with Crippen molar-refractivity contribution in [2.45, 2.75) is 124 Å². The Kier molecular flexibility index (Phi) is 6.23. The molecule has 5 aliphatic rings. The van der Waals surface area contributed by atoms with Gasteiger partial charge in [0.15, 0.2) is 11.6 Å². The number of hydrogen-bond donors (Lipinski definition) is 2.